The third-order valence-corrected chi connectivity index (χ3v) is 4.76. The predicted molar refractivity (Wildman–Crippen MR) is 116 cm³/mol. The average molecular weight is 450 g/mol. The van der Waals surface area contributed by atoms with Crippen molar-refractivity contribution >= 4 is 24.0 Å². The van der Waals surface area contributed by atoms with Crippen molar-refractivity contribution in [2.24, 2.45) is 0 Å². The Bertz CT molecular complexity index is 866. The SMILES string of the molecule is CC(C)(C)NCc1cc(C(C)(C)C)cc(-c2ccc(C(F)(F)F)cc2Cl)c1O.Cl. The third-order valence-electron chi connectivity index (χ3n) is 4.45. The second kappa shape index (κ2) is 8.75. The van der Waals surface area contributed by atoms with Crippen molar-refractivity contribution in [2.45, 2.75) is 65.2 Å². The van der Waals surface area contributed by atoms with Gasteiger partial charge in [-0.1, -0.05) is 44.5 Å². The molecule has 0 amide bonds. The minimum Gasteiger partial charge on any atom is -0.507 e. The van der Waals surface area contributed by atoms with Crippen LogP contribution in [0.1, 0.15) is 58.2 Å². The van der Waals surface area contributed by atoms with Gasteiger partial charge in [-0.3, -0.25) is 0 Å². The largest absolute Gasteiger partial charge is 0.507 e. The van der Waals surface area contributed by atoms with Crippen molar-refractivity contribution in [2.75, 3.05) is 0 Å². The minimum atomic E-state index is -4.47. The Morgan fingerprint density at radius 3 is 1.93 bits per heavy atom. The van der Waals surface area contributed by atoms with E-state index in [1.165, 1.54) is 6.07 Å². The van der Waals surface area contributed by atoms with Crippen LogP contribution in [0.5, 0.6) is 5.75 Å². The van der Waals surface area contributed by atoms with E-state index >= 15 is 0 Å². The first-order chi connectivity index (χ1) is 12.6. The summed E-state index contributed by atoms with van der Waals surface area (Å²) in [6.45, 7) is 12.6. The number of benzene rings is 2. The summed E-state index contributed by atoms with van der Waals surface area (Å²) in [5, 5.41) is 14.2. The van der Waals surface area contributed by atoms with Crippen LogP contribution in [0.2, 0.25) is 5.02 Å². The van der Waals surface area contributed by atoms with Gasteiger partial charge in [-0.2, -0.15) is 13.2 Å². The van der Waals surface area contributed by atoms with Gasteiger partial charge in [0.15, 0.2) is 0 Å². The fraction of sp³-hybridized carbons (Fsp3) is 0.455. The molecule has 0 aliphatic rings. The summed E-state index contributed by atoms with van der Waals surface area (Å²) >= 11 is 6.18. The number of hydrogen-bond donors (Lipinski definition) is 2. The summed E-state index contributed by atoms with van der Waals surface area (Å²) in [5.74, 6) is 0.0198. The lowest BCUT2D eigenvalue weighted by Gasteiger charge is -2.25. The third kappa shape index (κ3) is 6.53. The van der Waals surface area contributed by atoms with Crippen molar-refractivity contribution in [3.8, 4) is 16.9 Å². The monoisotopic (exact) mass is 449 g/mol. The van der Waals surface area contributed by atoms with Crippen molar-refractivity contribution in [3.63, 3.8) is 0 Å². The lowest BCUT2D eigenvalue weighted by Crippen LogP contribution is -2.35. The molecule has 0 saturated carbocycles. The molecule has 0 unspecified atom stereocenters. The van der Waals surface area contributed by atoms with Crippen LogP contribution in [-0.2, 0) is 18.1 Å². The highest BCUT2D eigenvalue weighted by Gasteiger charge is 2.31. The van der Waals surface area contributed by atoms with Crippen molar-refractivity contribution in [1.82, 2.24) is 5.32 Å². The van der Waals surface area contributed by atoms with Crippen LogP contribution >= 0.6 is 24.0 Å². The van der Waals surface area contributed by atoms with Crippen LogP contribution in [0.25, 0.3) is 11.1 Å². The van der Waals surface area contributed by atoms with Crippen molar-refractivity contribution in [1.29, 1.82) is 0 Å². The fourth-order valence-corrected chi connectivity index (χ4v) is 3.02. The molecule has 2 N–H and O–H groups in total. The van der Waals surface area contributed by atoms with Gasteiger partial charge in [0.1, 0.15) is 5.75 Å². The van der Waals surface area contributed by atoms with Crippen LogP contribution in [-0.4, -0.2) is 10.6 Å². The van der Waals surface area contributed by atoms with Gasteiger partial charge in [0.2, 0.25) is 0 Å². The van der Waals surface area contributed by atoms with Crippen LogP contribution in [0.3, 0.4) is 0 Å². The Morgan fingerprint density at radius 1 is 0.897 bits per heavy atom. The predicted octanol–water partition coefficient (Wildman–Crippen LogP) is 7.34. The molecule has 29 heavy (non-hydrogen) atoms. The number of rotatable bonds is 3. The number of hydrogen-bond acceptors (Lipinski definition) is 2. The van der Waals surface area contributed by atoms with E-state index in [4.69, 9.17) is 11.6 Å². The minimum absolute atomic E-state index is 0. The van der Waals surface area contributed by atoms with E-state index in [-0.39, 0.29) is 34.1 Å². The Hall–Kier alpha value is -1.43. The Labute approximate surface area is 181 Å². The molecule has 0 bridgehead atoms. The number of halogens is 5. The molecule has 0 saturated heterocycles. The second-order valence-corrected chi connectivity index (χ2v) is 9.48. The van der Waals surface area contributed by atoms with Gasteiger partial charge >= 0.3 is 6.18 Å². The highest BCUT2D eigenvalue weighted by Crippen LogP contribution is 2.42. The molecule has 2 aromatic carbocycles. The molecule has 0 atom stereocenters. The Morgan fingerprint density at radius 2 is 1.48 bits per heavy atom. The van der Waals surface area contributed by atoms with E-state index in [0.717, 1.165) is 17.7 Å². The molecule has 2 aromatic rings. The summed E-state index contributed by atoms with van der Waals surface area (Å²) < 4.78 is 38.9. The summed E-state index contributed by atoms with van der Waals surface area (Å²) in [7, 11) is 0. The maximum absolute atomic E-state index is 13.0. The van der Waals surface area contributed by atoms with Crippen LogP contribution in [0, 0.1) is 0 Å². The fourth-order valence-electron chi connectivity index (χ4n) is 2.74. The lowest BCUT2D eigenvalue weighted by atomic mass is 9.83. The number of aromatic hydroxyl groups is 1. The second-order valence-electron chi connectivity index (χ2n) is 9.08. The zero-order valence-corrected chi connectivity index (χ0v) is 19.0. The lowest BCUT2D eigenvalue weighted by molar-refractivity contribution is -0.137. The van der Waals surface area contributed by atoms with Gasteiger partial charge in [-0.25, -0.2) is 0 Å². The topological polar surface area (TPSA) is 32.3 Å². The molecule has 2 nitrogen and oxygen atoms in total. The van der Waals surface area contributed by atoms with Crippen molar-refractivity contribution in [3.05, 3.63) is 52.0 Å². The van der Waals surface area contributed by atoms with Gasteiger partial charge in [-0.15, -0.1) is 12.4 Å². The van der Waals surface area contributed by atoms with Gasteiger partial charge in [0.05, 0.1) is 5.56 Å². The zero-order chi connectivity index (χ0) is 21.5. The van der Waals surface area contributed by atoms with Gasteiger partial charge < -0.3 is 10.4 Å². The van der Waals surface area contributed by atoms with E-state index < -0.39 is 11.7 Å². The van der Waals surface area contributed by atoms with Gasteiger partial charge in [0, 0.05) is 33.8 Å². The van der Waals surface area contributed by atoms with Crippen LogP contribution < -0.4 is 5.32 Å². The number of alkyl halides is 3. The standard InChI is InChI=1S/C22H27ClF3NO.ClH/c1-20(2,3)15-9-13(12-27-21(4,5)6)19(28)17(10-15)16-8-7-14(11-18(16)23)22(24,25)26;/h7-11,27-28H,12H2,1-6H3;1H. The molecule has 162 valence electrons. The molecule has 0 spiro atoms. The van der Waals surface area contributed by atoms with E-state index in [9.17, 15) is 18.3 Å². The highest BCUT2D eigenvalue weighted by atomic mass is 35.5. The first kappa shape index (κ1) is 25.6. The molecule has 7 heteroatoms. The van der Waals surface area contributed by atoms with Gasteiger partial charge in [0.25, 0.3) is 0 Å². The highest BCUT2D eigenvalue weighted by molar-refractivity contribution is 6.33. The quantitative estimate of drug-likeness (QED) is 0.513. The van der Waals surface area contributed by atoms with Gasteiger partial charge in [-0.05, 0) is 49.9 Å². The van der Waals surface area contributed by atoms with E-state index in [1.54, 1.807) is 6.07 Å². The molecule has 0 aliphatic carbocycles. The van der Waals surface area contributed by atoms with E-state index in [1.807, 2.05) is 47.6 Å². The first-order valence-electron chi connectivity index (χ1n) is 9.08. The molecule has 2 rings (SSSR count). The molecule has 0 aliphatic heterocycles. The van der Waals surface area contributed by atoms with Crippen LogP contribution in [0.15, 0.2) is 30.3 Å². The average Bonchev–Trinajstić information content (AvgIpc) is 2.51. The summed E-state index contributed by atoms with van der Waals surface area (Å²) in [6.07, 6.45) is -4.47. The number of phenols is 1. The Kier molecular flexibility index (Phi) is 7.72. The normalized spacial score (nSPS) is 12.6. The molecule has 0 radical (unpaired) electrons. The number of phenolic OH excluding ortho intramolecular Hbond substituents is 1. The summed E-state index contributed by atoms with van der Waals surface area (Å²) in [4.78, 5) is 0. The molecule has 0 fully saturated rings. The number of nitrogens with one attached hydrogen (secondary N) is 1. The smallest absolute Gasteiger partial charge is 0.416 e. The first-order valence-corrected chi connectivity index (χ1v) is 9.46. The molecular weight excluding hydrogens is 422 g/mol. The summed E-state index contributed by atoms with van der Waals surface area (Å²) in [5.41, 5.74) is 1.25. The molecular formula is C22H28Cl2F3NO. The van der Waals surface area contributed by atoms with E-state index in [2.05, 4.69) is 5.32 Å². The Balaban J connectivity index is 0.00000420. The summed E-state index contributed by atoms with van der Waals surface area (Å²) in [6, 6.07) is 6.91. The maximum Gasteiger partial charge on any atom is 0.416 e. The van der Waals surface area contributed by atoms with E-state index in [0.29, 0.717) is 23.2 Å². The van der Waals surface area contributed by atoms with Crippen LogP contribution in [0.4, 0.5) is 13.2 Å². The molecule has 0 aromatic heterocycles. The molecule has 0 heterocycles. The van der Waals surface area contributed by atoms with Crippen molar-refractivity contribution < 1.29 is 18.3 Å². The maximum atomic E-state index is 13.0. The zero-order valence-electron chi connectivity index (χ0n) is 17.5.